The van der Waals surface area contributed by atoms with Crippen LogP contribution in [-0.4, -0.2) is 5.91 Å². The third-order valence-corrected chi connectivity index (χ3v) is 3.87. The molecule has 0 fully saturated rings. The summed E-state index contributed by atoms with van der Waals surface area (Å²) in [5, 5.41) is 3.03. The summed E-state index contributed by atoms with van der Waals surface area (Å²) in [6, 6.07) is 15.8. The summed E-state index contributed by atoms with van der Waals surface area (Å²) in [4.78, 5) is 12.5. The Kier molecular flexibility index (Phi) is 4.96. The standard InChI is InChI=1S/C17H18BrNO/c1-3-15(13-7-5-4-6-8-13)17(20)19-16-10-9-14(18)11-12(16)2/h4-11,15H,3H2,1-2H3,(H,19,20)/t15-/m0/s1. The molecule has 0 saturated carbocycles. The zero-order chi connectivity index (χ0) is 14.5. The Morgan fingerprint density at radius 1 is 1.20 bits per heavy atom. The number of hydrogen-bond donors (Lipinski definition) is 1. The van der Waals surface area contributed by atoms with Gasteiger partial charge in [-0.25, -0.2) is 0 Å². The maximum absolute atomic E-state index is 12.5. The van der Waals surface area contributed by atoms with Crippen molar-refractivity contribution in [1.29, 1.82) is 0 Å². The van der Waals surface area contributed by atoms with E-state index >= 15 is 0 Å². The van der Waals surface area contributed by atoms with E-state index in [0.29, 0.717) is 0 Å². The zero-order valence-electron chi connectivity index (χ0n) is 11.7. The highest BCUT2D eigenvalue weighted by Crippen LogP contribution is 2.24. The summed E-state index contributed by atoms with van der Waals surface area (Å²) < 4.78 is 1.02. The largest absolute Gasteiger partial charge is 0.325 e. The van der Waals surface area contributed by atoms with Crippen LogP contribution < -0.4 is 5.32 Å². The molecule has 1 atom stereocenters. The van der Waals surface area contributed by atoms with Gasteiger partial charge in [-0.3, -0.25) is 4.79 Å². The van der Waals surface area contributed by atoms with E-state index in [-0.39, 0.29) is 11.8 Å². The Hall–Kier alpha value is -1.61. The number of carbonyl (C=O) groups is 1. The first kappa shape index (κ1) is 14.8. The predicted molar refractivity (Wildman–Crippen MR) is 87.0 cm³/mol. The van der Waals surface area contributed by atoms with Gasteiger partial charge < -0.3 is 5.32 Å². The van der Waals surface area contributed by atoms with Gasteiger partial charge in [-0.2, -0.15) is 0 Å². The number of nitrogens with one attached hydrogen (secondary N) is 1. The van der Waals surface area contributed by atoms with Crippen molar-refractivity contribution >= 4 is 27.5 Å². The average Bonchev–Trinajstić information content (AvgIpc) is 2.44. The Balaban J connectivity index is 2.18. The molecule has 1 N–H and O–H groups in total. The molecule has 104 valence electrons. The maximum Gasteiger partial charge on any atom is 0.231 e. The SMILES string of the molecule is CC[C@H](C(=O)Nc1ccc(Br)cc1C)c1ccccc1. The van der Waals surface area contributed by atoms with Crippen molar-refractivity contribution in [1.82, 2.24) is 0 Å². The van der Waals surface area contributed by atoms with Crippen LogP contribution in [0.4, 0.5) is 5.69 Å². The fourth-order valence-electron chi connectivity index (χ4n) is 2.24. The quantitative estimate of drug-likeness (QED) is 0.849. The summed E-state index contributed by atoms with van der Waals surface area (Å²) in [6.07, 6.45) is 0.783. The number of hydrogen-bond acceptors (Lipinski definition) is 1. The molecule has 0 spiro atoms. The van der Waals surface area contributed by atoms with Gasteiger partial charge in [0.25, 0.3) is 0 Å². The molecule has 2 rings (SSSR count). The van der Waals surface area contributed by atoms with Gasteiger partial charge in [0.2, 0.25) is 5.91 Å². The van der Waals surface area contributed by atoms with Gasteiger partial charge in [0.15, 0.2) is 0 Å². The van der Waals surface area contributed by atoms with Gasteiger partial charge >= 0.3 is 0 Å². The van der Waals surface area contributed by atoms with Crippen LogP contribution in [0.1, 0.15) is 30.4 Å². The Labute approximate surface area is 128 Å². The monoisotopic (exact) mass is 331 g/mol. The lowest BCUT2D eigenvalue weighted by molar-refractivity contribution is -0.117. The van der Waals surface area contributed by atoms with E-state index in [0.717, 1.165) is 27.7 Å². The van der Waals surface area contributed by atoms with E-state index in [1.807, 2.05) is 62.4 Å². The molecule has 2 aromatic carbocycles. The average molecular weight is 332 g/mol. The van der Waals surface area contributed by atoms with Crippen molar-refractivity contribution in [2.45, 2.75) is 26.2 Å². The van der Waals surface area contributed by atoms with Crippen molar-refractivity contribution in [2.75, 3.05) is 5.32 Å². The van der Waals surface area contributed by atoms with Crippen LogP contribution in [0.15, 0.2) is 53.0 Å². The molecular formula is C17H18BrNO. The van der Waals surface area contributed by atoms with E-state index in [1.165, 1.54) is 0 Å². The third kappa shape index (κ3) is 3.48. The predicted octanol–water partition coefficient (Wildman–Crippen LogP) is 4.89. The zero-order valence-corrected chi connectivity index (χ0v) is 13.3. The van der Waals surface area contributed by atoms with Crippen LogP contribution in [0.3, 0.4) is 0 Å². The molecule has 1 amide bonds. The van der Waals surface area contributed by atoms with Gasteiger partial charge in [-0.05, 0) is 42.7 Å². The topological polar surface area (TPSA) is 29.1 Å². The van der Waals surface area contributed by atoms with Crippen LogP contribution in [-0.2, 0) is 4.79 Å². The van der Waals surface area contributed by atoms with Crippen molar-refractivity contribution in [3.63, 3.8) is 0 Å². The van der Waals surface area contributed by atoms with Crippen LogP contribution in [0.5, 0.6) is 0 Å². The molecule has 0 saturated heterocycles. The Morgan fingerprint density at radius 3 is 2.50 bits per heavy atom. The highest BCUT2D eigenvalue weighted by atomic mass is 79.9. The van der Waals surface area contributed by atoms with Gasteiger partial charge in [0.05, 0.1) is 5.92 Å². The smallest absolute Gasteiger partial charge is 0.231 e. The van der Waals surface area contributed by atoms with E-state index in [1.54, 1.807) is 0 Å². The minimum absolute atomic E-state index is 0.0455. The molecule has 0 aliphatic carbocycles. The number of amides is 1. The number of anilines is 1. The lowest BCUT2D eigenvalue weighted by Gasteiger charge is -2.16. The lowest BCUT2D eigenvalue weighted by atomic mass is 9.95. The molecule has 0 heterocycles. The van der Waals surface area contributed by atoms with Crippen molar-refractivity contribution in [3.8, 4) is 0 Å². The molecular weight excluding hydrogens is 314 g/mol. The number of halogens is 1. The minimum atomic E-state index is -0.112. The molecule has 0 aliphatic heterocycles. The molecule has 20 heavy (non-hydrogen) atoms. The van der Waals surface area contributed by atoms with Crippen molar-refractivity contribution in [2.24, 2.45) is 0 Å². The van der Waals surface area contributed by atoms with Gasteiger partial charge in [0, 0.05) is 10.2 Å². The molecule has 0 aliphatic rings. The molecule has 0 bridgehead atoms. The number of benzene rings is 2. The highest BCUT2D eigenvalue weighted by molar-refractivity contribution is 9.10. The molecule has 0 unspecified atom stereocenters. The highest BCUT2D eigenvalue weighted by Gasteiger charge is 2.18. The van der Waals surface area contributed by atoms with E-state index in [9.17, 15) is 4.79 Å². The molecule has 2 aromatic rings. The van der Waals surface area contributed by atoms with Crippen LogP contribution in [0, 0.1) is 6.92 Å². The lowest BCUT2D eigenvalue weighted by Crippen LogP contribution is -2.21. The Bertz CT molecular complexity index is 595. The first-order valence-electron chi connectivity index (χ1n) is 6.73. The summed E-state index contributed by atoms with van der Waals surface area (Å²) in [5.74, 6) is -0.0663. The van der Waals surface area contributed by atoms with E-state index in [4.69, 9.17) is 0 Å². The van der Waals surface area contributed by atoms with Crippen LogP contribution >= 0.6 is 15.9 Å². The van der Waals surface area contributed by atoms with Gasteiger partial charge in [-0.15, -0.1) is 0 Å². The number of carbonyl (C=O) groups excluding carboxylic acids is 1. The second-order valence-electron chi connectivity index (χ2n) is 4.82. The summed E-state index contributed by atoms with van der Waals surface area (Å²) >= 11 is 3.43. The maximum atomic E-state index is 12.5. The first-order valence-corrected chi connectivity index (χ1v) is 7.53. The number of aryl methyl sites for hydroxylation is 1. The minimum Gasteiger partial charge on any atom is -0.325 e. The molecule has 0 radical (unpaired) electrons. The second-order valence-corrected chi connectivity index (χ2v) is 5.74. The molecule has 3 heteroatoms. The molecule has 0 aromatic heterocycles. The summed E-state index contributed by atoms with van der Waals surface area (Å²) in [6.45, 7) is 4.02. The van der Waals surface area contributed by atoms with Gasteiger partial charge in [-0.1, -0.05) is 53.2 Å². The van der Waals surface area contributed by atoms with Crippen molar-refractivity contribution < 1.29 is 4.79 Å². The fraction of sp³-hybridized carbons (Fsp3) is 0.235. The molecule has 2 nitrogen and oxygen atoms in total. The van der Waals surface area contributed by atoms with Crippen LogP contribution in [0.25, 0.3) is 0 Å². The number of rotatable bonds is 4. The second kappa shape index (κ2) is 6.71. The summed E-state index contributed by atoms with van der Waals surface area (Å²) in [7, 11) is 0. The van der Waals surface area contributed by atoms with Crippen molar-refractivity contribution in [3.05, 3.63) is 64.1 Å². The first-order chi connectivity index (χ1) is 9.61. The van der Waals surface area contributed by atoms with Crippen LogP contribution in [0.2, 0.25) is 0 Å². The summed E-state index contributed by atoms with van der Waals surface area (Å²) in [5.41, 5.74) is 2.98. The van der Waals surface area contributed by atoms with Gasteiger partial charge in [0.1, 0.15) is 0 Å². The third-order valence-electron chi connectivity index (χ3n) is 3.37. The fourth-order valence-corrected chi connectivity index (χ4v) is 2.72. The normalized spacial score (nSPS) is 11.9. The van der Waals surface area contributed by atoms with E-state index < -0.39 is 0 Å². The Morgan fingerprint density at radius 2 is 1.90 bits per heavy atom. The van der Waals surface area contributed by atoms with E-state index in [2.05, 4.69) is 21.2 Å².